The molecular formula is C14H22FN. The van der Waals surface area contributed by atoms with Gasteiger partial charge in [-0.25, -0.2) is 4.39 Å². The minimum Gasteiger partial charge on any atom is -0.324 e. The SMILES string of the molecule is CCCCCC(N)c1cc(C)c(F)c(C)c1. The van der Waals surface area contributed by atoms with E-state index in [9.17, 15) is 4.39 Å². The quantitative estimate of drug-likeness (QED) is 0.749. The Hall–Kier alpha value is -0.890. The predicted molar refractivity (Wildman–Crippen MR) is 66.9 cm³/mol. The lowest BCUT2D eigenvalue weighted by atomic mass is 9.97. The van der Waals surface area contributed by atoms with Gasteiger partial charge in [0.25, 0.3) is 0 Å². The number of hydrogen-bond donors (Lipinski definition) is 1. The van der Waals surface area contributed by atoms with E-state index in [1.54, 1.807) is 13.8 Å². The maximum absolute atomic E-state index is 13.4. The fourth-order valence-corrected chi connectivity index (χ4v) is 1.97. The Balaban J connectivity index is 2.72. The second kappa shape index (κ2) is 6.00. The first-order chi connectivity index (χ1) is 7.56. The molecule has 0 fully saturated rings. The fraction of sp³-hybridized carbons (Fsp3) is 0.571. The number of halogens is 1. The van der Waals surface area contributed by atoms with E-state index in [0.29, 0.717) is 11.1 Å². The van der Waals surface area contributed by atoms with Gasteiger partial charge in [-0.05, 0) is 37.0 Å². The molecule has 2 N–H and O–H groups in total. The molecule has 1 aromatic carbocycles. The normalized spacial score (nSPS) is 12.8. The van der Waals surface area contributed by atoms with E-state index in [1.807, 2.05) is 12.1 Å². The molecule has 0 aromatic heterocycles. The summed E-state index contributed by atoms with van der Waals surface area (Å²) < 4.78 is 13.4. The van der Waals surface area contributed by atoms with Crippen LogP contribution in [-0.2, 0) is 0 Å². The highest BCUT2D eigenvalue weighted by Gasteiger charge is 2.10. The summed E-state index contributed by atoms with van der Waals surface area (Å²) >= 11 is 0. The zero-order valence-electron chi connectivity index (χ0n) is 10.5. The first-order valence-electron chi connectivity index (χ1n) is 6.08. The van der Waals surface area contributed by atoms with Crippen LogP contribution in [0.3, 0.4) is 0 Å². The molecular weight excluding hydrogens is 201 g/mol. The number of rotatable bonds is 5. The van der Waals surface area contributed by atoms with E-state index in [2.05, 4.69) is 6.92 Å². The highest BCUT2D eigenvalue weighted by Crippen LogP contribution is 2.22. The van der Waals surface area contributed by atoms with Gasteiger partial charge in [0.2, 0.25) is 0 Å². The third kappa shape index (κ3) is 3.31. The Kier molecular flexibility index (Phi) is 4.94. The molecule has 0 aliphatic rings. The lowest BCUT2D eigenvalue weighted by Gasteiger charge is -2.14. The second-order valence-electron chi connectivity index (χ2n) is 4.57. The zero-order chi connectivity index (χ0) is 12.1. The van der Waals surface area contributed by atoms with E-state index in [1.165, 1.54) is 12.8 Å². The molecule has 1 rings (SSSR count). The van der Waals surface area contributed by atoms with E-state index >= 15 is 0 Å². The Labute approximate surface area is 97.9 Å². The molecule has 0 aliphatic heterocycles. The largest absolute Gasteiger partial charge is 0.324 e. The highest BCUT2D eigenvalue weighted by molar-refractivity contribution is 5.32. The summed E-state index contributed by atoms with van der Waals surface area (Å²) in [6.45, 7) is 5.77. The van der Waals surface area contributed by atoms with Gasteiger partial charge in [-0.2, -0.15) is 0 Å². The van der Waals surface area contributed by atoms with Crippen LogP contribution in [0, 0.1) is 19.7 Å². The lowest BCUT2D eigenvalue weighted by Crippen LogP contribution is -2.11. The maximum Gasteiger partial charge on any atom is 0.129 e. The van der Waals surface area contributed by atoms with E-state index < -0.39 is 0 Å². The summed E-state index contributed by atoms with van der Waals surface area (Å²) in [7, 11) is 0. The Morgan fingerprint density at radius 3 is 2.25 bits per heavy atom. The van der Waals surface area contributed by atoms with Gasteiger partial charge in [0.1, 0.15) is 5.82 Å². The van der Waals surface area contributed by atoms with E-state index in [4.69, 9.17) is 5.73 Å². The third-order valence-corrected chi connectivity index (χ3v) is 3.01. The summed E-state index contributed by atoms with van der Waals surface area (Å²) in [4.78, 5) is 0. The molecule has 1 atom stereocenters. The van der Waals surface area contributed by atoms with Crippen LogP contribution in [0.5, 0.6) is 0 Å². The Morgan fingerprint density at radius 1 is 1.19 bits per heavy atom. The maximum atomic E-state index is 13.4. The second-order valence-corrected chi connectivity index (χ2v) is 4.57. The van der Waals surface area contributed by atoms with Crippen molar-refractivity contribution in [3.05, 3.63) is 34.6 Å². The average Bonchev–Trinajstić information content (AvgIpc) is 2.25. The third-order valence-electron chi connectivity index (χ3n) is 3.01. The molecule has 1 unspecified atom stereocenters. The van der Waals surface area contributed by atoms with Crippen molar-refractivity contribution in [2.75, 3.05) is 0 Å². The van der Waals surface area contributed by atoms with Crippen molar-refractivity contribution in [1.29, 1.82) is 0 Å². The molecule has 0 bridgehead atoms. The Morgan fingerprint density at radius 2 is 1.75 bits per heavy atom. The summed E-state index contributed by atoms with van der Waals surface area (Å²) in [6, 6.07) is 3.79. The topological polar surface area (TPSA) is 26.0 Å². The summed E-state index contributed by atoms with van der Waals surface area (Å²) in [5, 5.41) is 0. The minimum absolute atomic E-state index is 0.0459. The first kappa shape index (κ1) is 13.2. The molecule has 90 valence electrons. The summed E-state index contributed by atoms with van der Waals surface area (Å²) in [6.07, 6.45) is 4.55. The van der Waals surface area contributed by atoms with Crippen LogP contribution in [0.2, 0.25) is 0 Å². The lowest BCUT2D eigenvalue weighted by molar-refractivity contribution is 0.574. The van der Waals surface area contributed by atoms with Crippen LogP contribution in [0.25, 0.3) is 0 Å². The molecule has 0 heterocycles. The standard InChI is InChI=1S/C14H22FN/c1-4-5-6-7-13(16)12-8-10(2)14(15)11(3)9-12/h8-9,13H,4-7,16H2,1-3H3. The van der Waals surface area contributed by atoms with Gasteiger partial charge >= 0.3 is 0 Å². The predicted octanol–water partition coefficient (Wildman–Crippen LogP) is 4.02. The molecule has 0 saturated carbocycles. The van der Waals surface area contributed by atoms with E-state index in [0.717, 1.165) is 18.4 Å². The molecule has 0 amide bonds. The smallest absolute Gasteiger partial charge is 0.129 e. The van der Waals surface area contributed by atoms with Crippen LogP contribution in [-0.4, -0.2) is 0 Å². The number of hydrogen-bond acceptors (Lipinski definition) is 1. The highest BCUT2D eigenvalue weighted by atomic mass is 19.1. The molecule has 0 saturated heterocycles. The first-order valence-corrected chi connectivity index (χ1v) is 6.08. The molecule has 0 spiro atoms. The van der Waals surface area contributed by atoms with Gasteiger partial charge in [0.15, 0.2) is 0 Å². The van der Waals surface area contributed by atoms with Gasteiger partial charge < -0.3 is 5.73 Å². The van der Waals surface area contributed by atoms with Crippen LogP contribution < -0.4 is 5.73 Å². The van der Waals surface area contributed by atoms with Crippen LogP contribution in [0.15, 0.2) is 12.1 Å². The van der Waals surface area contributed by atoms with Gasteiger partial charge in [0.05, 0.1) is 0 Å². The molecule has 0 aliphatic carbocycles. The number of benzene rings is 1. The minimum atomic E-state index is -0.107. The van der Waals surface area contributed by atoms with Gasteiger partial charge in [0, 0.05) is 6.04 Å². The van der Waals surface area contributed by atoms with E-state index in [-0.39, 0.29) is 11.9 Å². The molecule has 1 aromatic rings. The average molecular weight is 223 g/mol. The van der Waals surface area contributed by atoms with Crippen molar-refractivity contribution in [2.45, 2.75) is 52.5 Å². The summed E-state index contributed by atoms with van der Waals surface area (Å²) in [5.74, 6) is -0.107. The number of nitrogens with two attached hydrogens (primary N) is 1. The monoisotopic (exact) mass is 223 g/mol. The van der Waals surface area contributed by atoms with Crippen molar-refractivity contribution in [3.8, 4) is 0 Å². The van der Waals surface area contributed by atoms with Gasteiger partial charge in [-0.1, -0.05) is 38.3 Å². The van der Waals surface area contributed by atoms with Crippen molar-refractivity contribution in [1.82, 2.24) is 0 Å². The number of unbranched alkanes of at least 4 members (excludes halogenated alkanes) is 2. The van der Waals surface area contributed by atoms with Crippen molar-refractivity contribution >= 4 is 0 Å². The van der Waals surface area contributed by atoms with Gasteiger partial charge in [-0.3, -0.25) is 0 Å². The molecule has 16 heavy (non-hydrogen) atoms. The van der Waals surface area contributed by atoms with Crippen molar-refractivity contribution in [2.24, 2.45) is 5.73 Å². The van der Waals surface area contributed by atoms with Crippen molar-refractivity contribution < 1.29 is 4.39 Å². The van der Waals surface area contributed by atoms with Crippen LogP contribution in [0.4, 0.5) is 4.39 Å². The van der Waals surface area contributed by atoms with Crippen LogP contribution in [0.1, 0.15) is 55.3 Å². The molecule has 1 nitrogen and oxygen atoms in total. The van der Waals surface area contributed by atoms with Crippen molar-refractivity contribution in [3.63, 3.8) is 0 Å². The number of aryl methyl sites for hydroxylation is 2. The van der Waals surface area contributed by atoms with Crippen LogP contribution >= 0.6 is 0 Å². The molecule has 2 heteroatoms. The molecule has 0 radical (unpaired) electrons. The summed E-state index contributed by atoms with van der Waals surface area (Å²) in [5.41, 5.74) is 8.55. The van der Waals surface area contributed by atoms with Gasteiger partial charge in [-0.15, -0.1) is 0 Å². The zero-order valence-corrected chi connectivity index (χ0v) is 10.5. The Bertz CT molecular complexity index is 324. The fourth-order valence-electron chi connectivity index (χ4n) is 1.97.